The van der Waals surface area contributed by atoms with E-state index in [0.29, 0.717) is 13.0 Å². The molecule has 80 valence electrons. The molecule has 0 bridgehead atoms. The number of urea groups is 1. The first-order chi connectivity index (χ1) is 7.18. The third-order valence-electron chi connectivity index (χ3n) is 2.58. The largest absolute Gasteiger partial charge is 0.324 e. The maximum Gasteiger partial charge on any atom is 0.324 e. The van der Waals surface area contributed by atoms with Crippen molar-refractivity contribution in [3.05, 3.63) is 22.4 Å². The van der Waals surface area contributed by atoms with Crippen LogP contribution in [-0.2, 0) is 4.79 Å². The van der Waals surface area contributed by atoms with Gasteiger partial charge in [0.2, 0.25) is 5.91 Å². The third kappa shape index (κ3) is 2.02. The fraction of sp³-hybridized carbons (Fsp3) is 0.400. The van der Waals surface area contributed by atoms with Gasteiger partial charge in [0.25, 0.3) is 0 Å². The molecular weight excluding hydrogens is 212 g/mol. The third-order valence-corrected chi connectivity index (χ3v) is 3.28. The summed E-state index contributed by atoms with van der Waals surface area (Å²) in [6.45, 7) is 2.47. The molecule has 0 spiro atoms. The first-order valence-corrected chi connectivity index (χ1v) is 5.75. The van der Waals surface area contributed by atoms with Crippen LogP contribution in [0.1, 0.15) is 24.9 Å². The number of carbonyl (C=O) groups excluding carboxylic acids is 2. The molecule has 1 atom stereocenters. The fourth-order valence-electron chi connectivity index (χ4n) is 1.64. The molecule has 5 heteroatoms. The molecule has 4 nitrogen and oxygen atoms in total. The molecule has 1 aromatic rings. The number of nitrogens with one attached hydrogen (secondary N) is 1. The van der Waals surface area contributed by atoms with E-state index in [1.807, 2.05) is 23.8 Å². The van der Waals surface area contributed by atoms with Crippen molar-refractivity contribution in [1.29, 1.82) is 0 Å². The number of nitrogens with zero attached hydrogens (tertiary/aromatic N) is 1. The smallest absolute Gasteiger partial charge is 0.317 e. The average molecular weight is 224 g/mol. The molecule has 0 aromatic carbocycles. The van der Waals surface area contributed by atoms with Crippen LogP contribution in [0, 0.1) is 0 Å². The predicted octanol–water partition coefficient (Wildman–Crippen LogP) is 1.75. The Kier molecular flexibility index (Phi) is 2.73. The summed E-state index contributed by atoms with van der Waals surface area (Å²) in [6.07, 6.45) is 0.389. The van der Waals surface area contributed by atoms with Crippen LogP contribution >= 0.6 is 11.3 Å². The van der Waals surface area contributed by atoms with Crippen LogP contribution in [0.2, 0.25) is 0 Å². The summed E-state index contributed by atoms with van der Waals surface area (Å²) in [7, 11) is 0. The number of rotatable bonds is 2. The van der Waals surface area contributed by atoms with Gasteiger partial charge < -0.3 is 4.90 Å². The zero-order chi connectivity index (χ0) is 10.8. The Hall–Kier alpha value is -1.36. The number of hydrogen-bond acceptors (Lipinski definition) is 3. The zero-order valence-electron chi connectivity index (χ0n) is 8.40. The molecule has 1 N–H and O–H groups in total. The lowest BCUT2D eigenvalue weighted by molar-refractivity contribution is -0.121. The van der Waals surface area contributed by atoms with Crippen molar-refractivity contribution in [3.63, 3.8) is 0 Å². The number of imide groups is 1. The summed E-state index contributed by atoms with van der Waals surface area (Å²) in [5.41, 5.74) is 1.12. The lowest BCUT2D eigenvalue weighted by Gasteiger charge is -2.31. The van der Waals surface area contributed by atoms with Gasteiger partial charge >= 0.3 is 6.03 Å². The summed E-state index contributed by atoms with van der Waals surface area (Å²) in [4.78, 5) is 24.2. The van der Waals surface area contributed by atoms with Crippen LogP contribution in [-0.4, -0.2) is 23.4 Å². The quantitative estimate of drug-likeness (QED) is 0.832. The van der Waals surface area contributed by atoms with Crippen LogP contribution in [0.3, 0.4) is 0 Å². The highest BCUT2D eigenvalue weighted by atomic mass is 32.1. The predicted molar refractivity (Wildman–Crippen MR) is 57.6 cm³/mol. The van der Waals surface area contributed by atoms with E-state index < -0.39 is 0 Å². The topological polar surface area (TPSA) is 49.4 Å². The van der Waals surface area contributed by atoms with E-state index >= 15 is 0 Å². The monoisotopic (exact) mass is 224 g/mol. The molecule has 0 radical (unpaired) electrons. The normalized spacial score (nSPS) is 18.9. The summed E-state index contributed by atoms with van der Waals surface area (Å²) < 4.78 is 0. The summed E-state index contributed by atoms with van der Waals surface area (Å²) in [6, 6.07) is 1.74. The van der Waals surface area contributed by atoms with E-state index in [2.05, 4.69) is 5.32 Å². The van der Waals surface area contributed by atoms with Gasteiger partial charge in [-0.25, -0.2) is 4.79 Å². The highest BCUT2D eigenvalue weighted by Gasteiger charge is 2.27. The second kappa shape index (κ2) is 4.02. The van der Waals surface area contributed by atoms with Crippen molar-refractivity contribution in [1.82, 2.24) is 10.2 Å². The van der Waals surface area contributed by atoms with E-state index in [0.717, 1.165) is 5.56 Å². The highest BCUT2D eigenvalue weighted by molar-refractivity contribution is 7.07. The molecular formula is C10H12N2O2S. The van der Waals surface area contributed by atoms with E-state index in [1.165, 1.54) is 0 Å². The Labute approximate surface area is 91.9 Å². The van der Waals surface area contributed by atoms with Gasteiger partial charge in [0.05, 0.1) is 6.04 Å². The van der Waals surface area contributed by atoms with Gasteiger partial charge in [-0.3, -0.25) is 10.1 Å². The van der Waals surface area contributed by atoms with Gasteiger partial charge in [0.15, 0.2) is 0 Å². The molecule has 1 saturated heterocycles. The number of thiophene rings is 1. The lowest BCUT2D eigenvalue weighted by Crippen LogP contribution is -2.50. The van der Waals surface area contributed by atoms with E-state index in [1.54, 1.807) is 16.2 Å². The second-order valence-electron chi connectivity index (χ2n) is 3.53. The summed E-state index contributed by atoms with van der Waals surface area (Å²) in [5, 5.41) is 6.33. The highest BCUT2D eigenvalue weighted by Crippen LogP contribution is 2.23. The molecule has 2 rings (SSSR count). The van der Waals surface area contributed by atoms with Gasteiger partial charge in [-0.15, -0.1) is 0 Å². The van der Waals surface area contributed by atoms with Gasteiger partial charge in [0.1, 0.15) is 0 Å². The van der Waals surface area contributed by atoms with Crippen LogP contribution < -0.4 is 5.32 Å². The van der Waals surface area contributed by atoms with Crippen molar-refractivity contribution < 1.29 is 9.59 Å². The maximum absolute atomic E-state index is 11.5. The Bertz CT molecular complexity index is 375. The Morgan fingerprint density at radius 3 is 2.93 bits per heavy atom. The van der Waals surface area contributed by atoms with E-state index in [4.69, 9.17) is 0 Å². The minimum Gasteiger partial charge on any atom is -0.317 e. The standard InChI is InChI=1S/C10H12N2O2S/c1-7(8-3-5-15-6-8)12-4-2-9(13)11-10(12)14/h3,5-7H,2,4H2,1H3,(H,11,13,14). The molecule has 1 fully saturated rings. The lowest BCUT2D eigenvalue weighted by atomic mass is 10.1. The van der Waals surface area contributed by atoms with Gasteiger partial charge in [-0.2, -0.15) is 11.3 Å². The summed E-state index contributed by atoms with van der Waals surface area (Å²) in [5.74, 6) is -0.186. The molecule has 3 amide bonds. The summed E-state index contributed by atoms with van der Waals surface area (Å²) >= 11 is 1.61. The van der Waals surface area contributed by atoms with Gasteiger partial charge in [-0.1, -0.05) is 0 Å². The van der Waals surface area contributed by atoms with Gasteiger partial charge in [0, 0.05) is 13.0 Å². The SMILES string of the molecule is CC(c1ccsc1)N1CCC(=O)NC1=O. The second-order valence-corrected chi connectivity index (χ2v) is 4.31. The molecule has 1 aromatic heterocycles. The molecule has 0 aliphatic carbocycles. The molecule has 1 unspecified atom stereocenters. The van der Waals surface area contributed by atoms with Crippen molar-refractivity contribution in [3.8, 4) is 0 Å². The Morgan fingerprint density at radius 1 is 1.53 bits per heavy atom. The molecule has 2 heterocycles. The Morgan fingerprint density at radius 2 is 2.33 bits per heavy atom. The molecule has 15 heavy (non-hydrogen) atoms. The van der Waals surface area contributed by atoms with Crippen LogP contribution in [0.15, 0.2) is 16.8 Å². The molecule has 1 aliphatic rings. The van der Waals surface area contributed by atoms with Crippen LogP contribution in [0.4, 0.5) is 4.79 Å². The van der Waals surface area contributed by atoms with E-state index in [-0.39, 0.29) is 18.0 Å². The van der Waals surface area contributed by atoms with Crippen molar-refractivity contribution in [2.24, 2.45) is 0 Å². The zero-order valence-corrected chi connectivity index (χ0v) is 9.21. The van der Waals surface area contributed by atoms with E-state index in [9.17, 15) is 9.59 Å². The number of amides is 3. The number of hydrogen-bond donors (Lipinski definition) is 1. The Balaban J connectivity index is 2.11. The van der Waals surface area contributed by atoms with Gasteiger partial charge in [-0.05, 0) is 29.3 Å². The average Bonchev–Trinajstić information content (AvgIpc) is 2.69. The van der Waals surface area contributed by atoms with Crippen molar-refractivity contribution >= 4 is 23.3 Å². The van der Waals surface area contributed by atoms with Crippen LogP contribution in [0.5, 0.6) is 0 Å². The maximum atomic E-state index is 11.5. The number of carbonyl (C=O) groups is 2. The van der Waals surface area contributed by atoms with Crippen molar-refractivity contribution in [2.75, 3.05) is 6.54 Å². The van der Waals surface area contributed by atoms with Crippen LogP contribution in [0.25, 0.3) is 0 Å². The molecule has 0 saturated carbocycles. The first-order valence-electron chi connectivity index (χ1n) is 4.81. The molecule has 1 aliphatic heterocycles. The minimum atomic E-state index is -0.287. The minimum absolute atomic E-state index is 0.0318. The first kappa shape index (κ1) is 10.2. The van der Waals surface area contributed by atoms with Crippen molar-refractivity contribution in [2.45, 2.75) is 19.4 Å². The fourth-order valence-corrected chi connectivity index (χ4v) is 2.39.